The van der Waals surface area contributed by atoms with Crippen molar-refractivity contribution in [3.63, 3.8) is 0 Å². The number of unbranched alkanes of at least 4 members (excludes halogenated alkanes) is 34. The first-order valence-corrected chi connectivity index (χ1v) is 22.5. The molecule has 0 aromatic heterocycles. The van der Waals surface area contributed by atoms with Gasteiger partial charge < -0.3 is 9.47 Å². The molecule has 0 aliphatic rings. The molecule has 0 atom stereocenters. The zero-order valence-electron chi connectivity index (χ0n) is 33.6. The van der Waals surface area contributed by atoms with Crippen LogP contribution in [0.15, 0.2) is 0 Å². The number of rotatable bonds is 42. The van der Waals surface area contributed by atoms with Gasteiger partial charge in [-0.15, -0.1) is 0 Å². The van der Waals surface area contributed by atoms with E-state index >= 15 is 0 Å². The van der Waals surface area contributed by atoms with Crippen LogP contribution in [-0.2, 0) is 19.1 Å². The van der Waals surface area contributed by atoms with Crippen LogP contribution in [0.3, 0.4) is 0 Å². The Labute approximate surface area is 307 Å². The van der Waals surface area contributed by atoms with Gasteiger partial charge in [-0.1, -0.05) is 226 Å². The van der Waals surface area contributed by atoms with Crippen LogP contribution in [0.2, 0.25) is 0 Å². The Bertz CT molecular complexity index is 594. The number of carbonyl (C=O) groups excluding carboxylic acids is 2. The van der Waals surface area contributed by atoms with E-state index < -0.39 is 0 Å². The van der Waals surface area contributed by atoms with Gasteiger partial charge in [0.1, 0.15) is 0 Å². The van der Waals surface area contributed by atoms with Crippen LogP contribution >= 0.6 is 0 Å². The van der Waals surface area contributed by atoms with Crippen LogP contribution in [-0.4, -0.2) is 25.2 Å². The molecule has 4 heteroatoms. The molecule has 0 aliphatic carbocycles. The third-order valence-electron chi connectivity index (χ3n) is 10.3. The molecule has 0 saturated carbocycles. The monoisotopic (exact) mass is 693 g/mol. The van der Waals surface area contributed by atoms with Crippen molar-refractivity contribution in [2.45, 2.75) is 264 Å². The van der Waals surface area contributed by atoms with Crippen molar-refractivity contribution in [3.05, 3.63) is 0 Å². The van der Waals surface area contributed by atoms with E-state index in [9.17, 15) is 9.59 Å². The Morgan fingerprint density at radius 3 is 0.673 bits per heavy atom. The Morgan fingerprint density at radius 1 is 0.265 bits per heavy atom. The predicted molar refractivity (Wildman–Crippen MR) is 213 cm³/mol. The van der Waals surface area contributed by atoms with E-state index in [2.05, 4.69) is 13.8 Å². The second-order valence-electron chi connectivity index (χ2n) is 15.3. The van der Waals surface area contributed by atoms with Crippen molar-refractivity contribution in [2.75, 3.05) is 13.2 Å². The summed E-state index contributed by atoms with van der Waals surface area (Å²) in [6.07, 6.45) is 49.3. The average Bonchev–Trinajstić information content (AvgIpc) is 3.10. The largest absolute Gasteiger partial charge is 0.466 e. The SMILES string of the molecule is CCCCCCCCCCCCCCCCCC(=O)OCCCCCCCCCOC(=O)CCCCCCCCCCCCCCCCC. The lowest BCUT2D eigenvalue weighted by atomic mass is 10.0. The Morgan fingerprint density at radius 2 is 0.449 bits per heavy atom. The van der Waals surface area contributed by atoms with Gasteiger partial charge in [0.15, 0.2) is 0 Å². The number of esters is 2. The summed E-state index contributed by atoms with van der Waals surface area (Å²) >= 11 is 0. The minimum absolute atomic E-state index is 0.0103. The molecule has 0 N–H and O–H groups in total. The number of ether oxygens (including phenoxy) is 2. The van der Waals surface area contributed by atoms with E-state index in [1.54, 1.807) is 0 Å². The molecule has 0 amide bonds. The fraction of sp³-hybridized carbons (Fsp3) is 0.956. The van der Waals surface area contributed by atoms with E-state index in [-0.39, 0.29) is 11.9 Å². The lowest BCUT2D eigenvalue weighted by Gasteiger charge is -2.06. The zero-order valence-corrected chi connectivity index (χ0v) is 33.6. The molecule has 0 spiro atoms. The maximum Gasteiger partial charge on any atom is 0.305 e. The van der Waals surface area contributed by atoms with Crippen LogP contribution in [0.4, 0.5) is 0 Å². The van der Waals surface area contributed by atoms with Crippen molar-refractivity contribution in [2.24, 2.45) is 0 Å². The molecule has 0 heterocycles. The molecule has 292 valence electrons. The third-order valence-corrected chi connectivity index (χ3v) is 10.3. The molecule has 0 bridgehead atoms. The Kier molecular flexibility index (Phi) is 42.2. The van der Waals surface area contributed by atoms with Crippen LogP contribution in [0.5, 0.6) is 0 Å². The highest BCUT2D eigenvalue weighted by molar-refractivity contribution is 5.69. The summed E-state index contributed by atoms with van der Waals surface area (Å²) in [6.45, 7) is 5.72. The maximum atomic E-state index is 12.0. The van der Waals surface area contributed by atoms with E-state index in [1.165, 1.54) is 186 Å². The average molecular weight is 693 g/mol. The molecular formula is C45H88O4. The highest BCUT2D eigenvalue weighted by Crippen LogP contribution is 2.16. The van der Waals surface area contributed by atoms with Crippen LogP contribution < -0.4 is 0 Å². The summed E-state index contributed by atoms with van der Waals surface area (Å²) in [5.41, 5.74) is 0. The second-order valence-corrected chi connectivity index (χ2v) is 15.3. The summed E-state index contributed by atoms with van der Waals surface area (Å²) in [4.78, 5) is 24.0. The van der Waals surface area contributed by atoms with Crippen molar-refractivity contribution in [1.29, 1.82) is 0 Å². The van der Waals surface area contributed by atoms with E-state index in [0.29, 0.717) is 26.1 Å². The van der Waals surface area contributed by atoms with Gasteiger partial charge in [-0.3, -0.25) is 9.59 Å². The topological polar surface area (TPSA) is 52.6 Å². The standard InChI is InChI=1S/C45H88O4/c1-3-5-7-9-11-13-15-17-19-21-23-25-28-32-36-40-44(46)48-42-38-34-30-27-31-35-39-43-49-45(47)41-37-33-29-26-24-22-20-18-16-14-12-10-8-6-4-2/h3-43H2,1-2H3. The lowest BCUT2D eigenvalue weighted by molar-refractivity contribution is -0.144. The molecular weight excluding hydrogens is 604 g/mol. The maximum absolute atomic E-state index is 12.0. The molecule has 4 nitrogen and oxygen atoms in total. The van der Waals surface area contributed by atoms with Gasteiger partial charge in [-0.05, 0) is 25.7 Å². The molecule has 49 heavy (non-hydrogen) atoms. The highest BCUT2D eigenvalue weighted by Gasteiger charge is 2.04. The molecule has 0 aromatic carbocycles. The summed E-state index contributed by atoms with van der Waals surface area (Å²) < 4.78 is 10.9. The zero-order chi connectivity index (χ0) is 35.6. The van der Waals surface area contributed by atoms with Gasteiger partial charge in [0.05, 0.1) is 13.2 Å². The molecule has 0 unspecified atom stereocenters. The highest BCUT2D eigenvalue weighted by atomic mass is 16.5. The summed E-state index contributed by atoms with van der Waals surface area (Å²) in [5, 5.41) is 0. The number of hydrogen-bond donors (Lipinski definition) is 0. The molecule has 0 aromatic rings. The first-order valence-electron chi connectivity index (χ1n) is 22.5. The van der Waals surface area contributed by atoms with Gasteiger partial charge in [-0.25, -0.2) is 0 Å². The van der Waals surface area contributed by atoms with Gasteiger partial charge in [0, 0.05) is 12.8 Å². The van der Waals surface area contributed by atoms with Crippen molar-refractivity contribution in [1.82, 2.24) is 0 Å². The third kappa shape index (κ3) is 43.0. The number of carbonyl (C=O) groups is 2. The normalized spacial score (nSPS) is 11.3. The fourth-order valence-electron chi connectivity index (χ4n) is 6.89. The van der Waals surface area contributed by atoms with Gasteiger partial charge in [0.25, 0.3) is 0 Å². The Balaban J connectivity index is 3.22. The molecule has 0 rings (SSSR count). The smallest absolute Gasteiger partial charge is 0.305 e. The van der Waals surface area contributed by atoms with Crippen molar-refractivity contribution in [3.8, 4) is 0 Å². The number of hydrogen-bond acceptors (Lipinski definition) is 4. The van der Waals surface area contributed by atoms with E-state index in [1.807, 2.05) is 0 Å². The van der Waals surface area contributed by atoms with E-state index in [0.717, 1.165) is 51.4 Å². The molecule has 0 aliphatic heterocycles. The minimum atomic E-state index is -0.0103. The molecule has 0 fully saturated rings. The van der Waals surface area contributed by atoms with E-state index in [4.69, 9.17) is 9.47 Å². The first-order chi connectivity index (χ1) is 24.2. The first kappa shape index (κ1) is 47.9. The van der Waals surface area contributed by atoms with Crippen molar-refractivity contribution < 1.29 is 19.1 Å². The predicted octanol–water partition coefficient (Wildman–Crippen LogP) is 15.3. The van der Waals surface area contributed by atoms with Crippen LogP contribution in [0.1, 0.15) is 264 Å². The fourth-order valence-corrected chi connectivity index (χ4v) is 6.89. The second kappa shape index (κ2) is 43.1. The summed E-state index contributed by atoms with van der Waals surface area (Å²) in [6, 6.07) is 0. The van der Waals surface area contributed by atoms with Crippen LogP contribution in [0.25, 0.3) is 0 Å². The Hall–Kier alpha value is -1.06. The lowest BCUT2D eigenvalue weighted by Crippen LogP contribution is -2.06. The minimum Gasteiger partial charge on any atom is -0.466 e. The van der Waals surface area contributed by atoms with Crippen molar-refractivity contribution >= 4 is 11.9 Å². The summed E-state index contributed by atoms with van der Waals surface area (Å²) in [5.74, 6) is -0.0207. The summed E-state index contributed by atoms with van der Waals surface area (Å²) in [7, 11) is 0. The van der Waals surface area contributed by atoms with Gasteiger partial charge in [0.2, 0.25) is 0 Å². The molecule has 0 saturated heterocycles. The quantitative estimate of drug-likeness (QED) is 0.0472. The molecule has 0 radical (unpaired) electrons. The van der Waals surface area contributed by atoms with Crippen LogP contribution in [0, 0.1) is 0 Å². The van der Waals surface area contributed by atoms with Gasteiger partial charge in [-0.2, -0.15) is 0 Å². The van der Waals surface area contributed by atoms with Gasteiger partial charge >= 0.3 is 11.9 Å².